The third kappa shape index (κ3) is 5.80. The van der Waals surface area contributed by atoms with Crippen molar-refractivity contribution in [1.82, 2.24) is 4.57 Å². The largest absolute Gasteiger partial charge is 0.478 e. The molecule has 3 rings (SSSR count). The van der Waals surface area contributed by atoms with Crippen molar-refractivity contribution in [2.75, 3.05) is 5.32 Å². The molecule has 2 N–H and O–H groups in total. The number of rotatable bonds is 4. The Kier molecular flexibility index (Phi) is 6.79. The molecule has 0 unspecified atom stereocenters. The highest BCUT2D eigenvalue weighted by molar-refractivity contribution is 6.13. The van der Waals surface area contributed by atoms with Crippen LogP contribution in [0.15, 0.2) is 42.5 Å². The minimum absolute atomic E-state index is 0.00788. The summed E-state index contributed by atoms with van der Waals surface area (Å²) in [5.74, 6) is -1.38. The maximum absolute atomic E-state index is 13.2. The van der Waals surface area contributed by atoms with Gasteiger partial charge in [-0.15, -0.1) is 0 Å². The first-order chi connectivity index (χ1) is 16.6. The summed E-state index contributed by atoms with van der Waals surface area (Å²) in [4.78, 5) is 48.3. The van der Waals surface area contributed by atoms with E-state index >= 15 is 0 Å². The monoisotopic (exact) mass is 497 g/mol. The van der Waals surface area contributed by atoms with Crippen LogP contribution in [0.4, 0.5) is 21.0 Å². The number of carbonyl (C=O) groups is 3. The van der Waals surface area contributed by atoms with E-state index in [-0.39, 0.29) is 27.8 Å². The van der Waals surface area contributed by atoms with Crippen LogP contribution in [0.2, 0.25) is 0 Å². The van der Waals surface area contributed by atoms with Gasteiger partial charge in [-0.25, -0.2) is 19.0 Å². The number of aromatic carboxylic acids is 1. The van der Waals surface area contributed by atoms with Gasteiger partial charge in [0.15, 0.2) is 0 Å². The van der Waals surface area contributed by atoms with Crippen LogP contribution in [-0.2, 0) is 9.47 Å². The Balaban J connectivity index is 2.20. The number of nitrogens with one attached hydrogen (secondary N) is 1. The van der Waals surface area contributed by atoms with Crippen molar-refractivity contribution < 1.29 is 33.9 Å². The smallest absolute Gasteiger partial charge is 0.419 e. The molecule has 1 aromatic heterocycles. The van der Waals surface area contributed by atoms with Gasteiger partial charge in [-0.1, -0.05) is 12.1 Å². The number of carboxylic acid groups (broad SMARTS) is 1. The van der Waals surface area contributed by atoms with Crippen LogP contribution < -0.4 is 5.32 Å². The standard InChI is InChI=1S/C25H27N3O8/c1-24(2,3)35-22(31)26-15-9-7-14(8-10-15)20-19(21(29)30)17-13-16(28(33)34)11-12-18(17)27(20)23(32)36-25(4,5)6/h7-13H,1-6H3,(H,26,31)(H,29,30). The first kappa shape index (κ1) is 26.2. The summed E-state index contributed by atoms with van der Waals surface area (Å²) in [6, 6.07) is 9.68. The average molecular weight is 498 g/mol. The van der Waals surface area contributed by atoms with Crippen molar-refractivity contribution in [3.63, 3.8) is 0 Å². The number of anilines is 1. The molecule has 0 atom stereocenters. The van der Waals surface area contributed by atoms with Crippen LogP contribution in [0.1, 0.15) is 51.9 Å². The molecule has 11 heteroatoms. The molecular weight excluding hydrogens is 470 g/mol. The highest BCUT2D eigenvalue weighted by Gasteiger charge is 2.30. The lowest BCUT2D eigenvalue weighted by Crippen LogP contribution is -2.27. The van der Waals surface area contributed by atoms with Gasteiger partial charge in [-0.3, -0.25) is 15.4 Å². The highest BCUT2D eigenvalue weighted by atomic mass is 16.6. The van der Waals surface area contributed by atoms with Gasteiger partial charge in [0.1, 0.15) is 11.2 Å². The number of carbonyl (C=O) groups excluding carboxylic acids is 2. The number of nitrogens with zero attached hydrogens (tertiary/aromatic N) is 2. The number of carboxylic acids is 1. The quantitative estimate of drug-likeness (QED) is 0.327. The Bertz CT molecular complexity index is 1360. The van der Waals surface area contributed by atoms with E-state index in [1.165, 1.54) is 36.4 Å². The van der Waals surface area contributed by atoms with Gasteiger partial charge in [-0.2, -0.15) is 0 Å². The first-order valence-corrected chi connectivity index (χ1v) is 11.0. The average Bonchev–Trinajstić information content (AvgIpc) is 3.06. The van der Waals surface area contributed by atoms with Crippen molar-refractivity contribution in [2.45, 2.75) is 52.7 Å². The number of nitro groups is 1. The highest BCUT2D eigenvalue weighted by Crippen LogP contribution is 2.37. The van der Waals surface area contributed by atoms with Gasteiger partial charge < -0.3 is 14.6 Å². The number of amides is 1. The summed E-state index contributed by atoms with van der Waals surface area (Å²) in [6.45, 7) is 10.2. The van der Waals surface area contributed by atoms with E-state index in [1.807, 2.05) is 0 Å². The predicted molar refractivity (Wildman–Crippen MR) is 132 cm³/mol. The Labute approximate surface area is 206 Å². The zero-order valence-electron chi connectivity index (χ0n) is 20.7. The lowest BCUT2D eigenvalue weighted by molar-refractivity contribution is -0.384. The van der Waals surface area contributed by atoms with Crippen molar-refractivity contribution >= 4 is 40.4 Å². The second kappa shape index (κ2) is 9.33. The van der Waals surface area contributed by atoms with Crippen LogP contribution in [0.3, 0.4) is 0 Å². The van der Waals surface area contributed by atoms with Gasteiger partial charge in [0.2, 0.25) is 0 Å². The van der Waals surface area contributed by atoms with E-state index in [9.17, 15) is 29.6 Å². The third-order valence-electron chi connectivity index (χ3n) is 4.76. The normalized spacial score (nSPS) is 11.7. The molecule has 0 saturated heterocycles. The molecule has 1 heterocycles. The molecule has 0 aliphatic carbocycles. The van der Waals surface area contributed by atoms with Crippen molar-refractivity contribution in [3.05, 3.63) is 58.1 Å². The van der Waals surface area contributed by atoms with Gasteiger partial charge in [0, 0.05) is 23.2 Å². The molecule has 0 spiro atoms. The van der Waals surface area contributed by atoms with Crippen molar-refractivity contribution in [3.8, 4) is 11.3 Å². The number of hydrogen-bond acceptors (Lipinski definition) is 7. The summed E-state index contributed by atoms with van der Waals surface area (Å²) in [5, 5.41) is 24.0. The summed E-state index contributed by atoms with van der Waals surface area (Å²) in [5.41, 5.74) is -1.41. The SMILES string of the molecule is CC(C)(C)OC(=O)Nc1ccc(-c2c(C(=O)O)c3cc([N+](=O)[O-])ccc3n2C(=O)OC(C)(C)C)cc1. The fraction of sp³-hybridized carbons (Fsp3) is 0.320. The lowest BCUT2D eigenvalue weighted by Gasteiger charge is -2.21. The maximum atomic E-state index is 13.2. The second-order valence-electron chi connectivity index (χ2n) is 10.0. The Morgan fingerprint density at radius 3 is 2.03 bits per heavy atom. The molecular formula is C25H27N3O8. The van der Waals surface area contributed by atoms with Crippen LogP contribution in [0, 0.1) is 10.1 Å². The van der Waals surface area contributed by atoms with Gasteiger partial charge in [-0.05, 0) is 65.3 Å². The van der Waals surface area contributed by atoms with E-state index < -0.39 is 34.3 Å². The van der Waals surface area contributed by atoms with E-state index in [0.717, 1.165) is 10.6 Å². The summed E-state index contributed by atoms with van der Waals surface area (Å²) >= 11 is 0. The third-order valence-corrected chi connectivity index (χ3v) is 4.76. The van der Waals surface area contributed by atoms with E-state index in [0.29, 0.717) is 11.3 Å². The van der Waals surface area contributed by atoms with Crippen LogP contribution in [0.25, 0.3) is 22.2 Å². The van der Waals surface area contributed by atoms with Gasteiger partial charge in [0.25, 0.3) is 5.69 Å². The zero-order chi connectivity index (χ0) is 27.0. The summed E-state index contributed by atoms with van der Waals surface area (Å²) < 4.78 is 11.8. The second-order valence-corrected chi connectivity index (χ2v) is 10.0. The van der Waals surface area contributed by atoms with Crippen LogP contribution >= 0.6 is 0 Å². The fourth-order valence-corrected chi connectivity index (χ4v) is 3.51. The number of fused-ring (bicyclic) bond motifs is 1. The van der Waals surface area contributed by atoms with Gasteiger partial charge >= 0.3 is 18.2 Å². The minimum Gasteiger partial charge on any atom is -0.478 e. The van der Waals surface area contributed by atoms with E-state index in [1.54, 1.807) is 41.5 Å². The van der Waals surface area contributed by atoms with Crippen LogP contribution in [-0.4, -0.2) is 44.0 Å². The molecule has 0 bridgehead atoms. The molecule has 0 radical (unpaired) electrons. The zero-order valence-corrected chi connectivity index (χ0v) is 20.7. The molecule has 36 heavy (non-hydrogen) atoms. The van der Waals surface area contributed by atoms with E-state index in [4.69, 9.17) is 9.47 Å². The summed E-state index contributed by atoms with van der Waals surface area (Å²) in [7, 11) is 0. The number of benzene rings is 2. The molecule has 0 aliphatic heterocycles. The molecule has 190 valence electrons. The molecule has 2 aromatic carbocycles. The number of aromatic nitrogens is 1. The van der Waals surface area contributed by atoms with Crippen molar-refractivity contribution in [1.29, 1.82) is 0 Å². The predicted octanol–water partition coefficient (Wildman–Crippen LogP) is 6.04. The number of hydrogen-bond donors (Lipinski definition) is 2. The van der Waals surface area contributed by atoms with Crippen LogP contribution in [0.5, 0.6) is 0 Å². The topological polar surface area (TPSA) is 150 Å². The first-order valence-electron chi connectivity index (χ1n) is 11.0. The van der Waals surface area contributed by atoms with Crippen molar-refractivity contribution in [2.24, 2.45) is 0 Å². The number of nitro benzene ring substituents is 1. The molecule has 0 fully saturated rings. The van der Waals surface area contributed by atoms with E-state index in [2.05, 4.69) is 5.32 Å². The molecule has 11 nitrogen and oxygen atoms in total. The number of ether oxygens (including phenoxy) is 2. The molecule has 0 saturated carbocycles. The molecule has 0 aliphatic rings. The molecule has 3 aromatic rings. The maximum Gasteiger partial charge on any atom is 0.419 e. The minimum atomic E-state index is -1.38. The number of non-ortho nitro benzene ring substituents is 1. The summed E-state index contributed by atoms with van der Waals surface area (Å²) in [6.07, 6.45) is -1.52. The lowest BCUT2D eigenvalue weighted by atomic mass is 10.0. The molecule has 1 amide bonds. The Hall–Kier alpha value is -4.41. The van der Waals surface area contributed by atoms with Gasteiger partial charge in [0.05, 0.1) is 21.7 Å². The Morgan fingerprint density at radius 1 is 0.944 bits per heavy atom. The Morgan fingerprint density at radius 2 is 1.53 bits per heavy atom. The fourth-order valence-electron chi connectivity index (χ4n) is 3.51.